The van der Waals surface area contributed by atoms with Crippen molar-refractivity contribution in [2.24, 2.45) is 5.92 Å². The van der Waals surface area contributed by atoms with Gasteiger partial charge in [-0.2, -0.15) is 0 Å². The van der Waals surface area contributed by atoms with Gasteiger partial charge in [0.1, 0.15) is 0 Å². The van der Waals surface area contributed by atoms with E-state index in [0.717, 1.165) is 16.0 Å². The van der Waals surface area contributed by atoms with Crippen LogP contribution in [-0.4, -0.2) is 60.2 Å². The molecule has 7 heteroatoms. The van der Waals surface area contributed by atoms with Crippen molar-refractivity contribution in [2.75, 3.05) is 26.7 Å². The van der Waals surface area contributed by atoms with Crippen LogP contribution in [0.2, 0.25) is 0 Å². The Balaban J connectivity index is 1.60. The maximum Gasteiger partial charge on any atom is 0.310 e. The quantitative estimate of drug-likeness (QED) is 0.486. The number of benzene rings is 2. The lowest BCUT2D eigenvalue weighted by atomic mass is 9.75. The van der Waals surface area contributed by atoms with Crippen LogP contribution < -0.4 is 0 Å². The number of nitrogens with zero attached hydrogens (tertiary/aromatic N) is 2. The molecule has 0 spiro atoms. The van der Waals surface area contributed by atoms with E-state index in [4.69, 9.17) is 4.74 Å². The standard InChI is InChI=1S/C27H30N2O5/c1-3-34-25(32)21-10-7-15-29(18-21)24(31)17-27(16-23(30)28(2)26(27)33)22-13-11-20(12-14-22)19-8-5-4-6-9-19/h4-6,8-9,11-14,21H,3,7,10,15-18H2,1-2H3. The number of amides is 3. The van der Waals surface area contributed by atoms with Gasteiger partial charge in [0.05, 0.1) is 17.9 Å². The molecule has 0 bridgehead atoms. The minimum absolute atomic E-state index is 0.0477. The Morgan fingerprint density at radius 2 is 1.71 bits per heavy atom. The third-order valence-corrected chi connectivity index (χ3v) is 6.93. The first kappa shape index (κ1) is 23.7. The molecule has 178 valence electrons. The van der Waals surface area contributed by atoms with E-state index >= 15 is 0 Å². The molecule has 0 aromatic heterocycles. The molecule has 0 N–H and O–H groups in total. The number of esters is 1. The highest BCUT2D eigenvalue weighted by Gasteiger charge is 2.53. The monoisotopic (exact) mass is 462 g/mol. The molecule has 2 heterocycles. The summed E-state index contributed by atoms with van der Waals surface area (Å²) in [6, 6.07) is 17.4. The van der Waals surface area contributed by atoms with Crippen LogP contribution in [0.1, 0.15) is 38.2 Å². The first-order chi connectivity index (χ1) is 16.4. The predicted octanol–water partition coefficient (Wildman–Crippen LogP) is 3.17. The summed E-state index contributed by atoms with van der Waals surface area (Å²) in [6.07, 6.45) is 1.21. The lowest BCUT2D eigenvalue weighted by molar-refractivity contribution is -0.152. The number of carbonyl (C=O) groups is 4. The van der Waals surface area contributed by atoms with E-state index in [2.05, 4.69) is 0 Å². The predicted molar refractivity (Wildman–Crippen MR) is 127 cm³/mol. The summed E-state index contributed by atoms with van der Waals surface area (Å²) in [4.78, 5) is 54.3. The van der Waals surface area contributed by atoms with Crippen molar-refractivity contribution in [2.45, 2.75) is 38.0 Å². The van der Waals surface area contributed by atoms with E-state index in [9.17, 15) is 19.2 Å². The molecule has 2 aromatic carbocycles. The summed E-state index contributed by atoms with van der Waals surface area (Å²) in [5.74, 6) is -1.54. The zero-order chi connectivity index (χ0) is 24.3. The molecule has 7 nitrogen and oxygen atoms in total. The van der Waals surface area contributed by atoms with E-state index in [1.165, 1.54) is 7.05 Å². The molecule has 2 fully saturated rings. The highest BCUT2D eigenvalue weighted by molar-refractivity contribution is 6.10. The van der Waals surface area contributed by atoms with Crippen molar-refractivity contribution in [3.8, 4) is 11.1 Å². The second kappa shape index (κ2) is 9.79. The second-order valence-corrected chi connectivity index (χ2v) is 9.07. The van der Waals surface area contributed by atoms with Crippen molar-refractivity contribution in [3.05, 3.63) is 60.2 Å². The van der Waals surface area contributed by atoms with Gasteiger partial charge >= 0.3 is 5.97 Å². The molecule has 34 heavy (non-hydrogen) atoms. The van der Waals surface area contributed by atoms with Gasteiger partial charge < -0.3 is 9.64 Å². The Morgan fingerprint density at radius 3 is 2.32 bits per heavy atom. The van der Waals surface area contributed by atoms with Crippen LogP contribution in [0.5, 0.6) is 0 Å². The van der Waals surface area contributed by atoms with Gasteiger partial charge in [-0.1, -0.05) is 54.6 Å². The van der Waals surface area contributed by atoms with E-state index < -0.39 is 5.41 Å². The van der Waals surface area contributed by atoms with Crippen molar-refractivity contribution >= 4 is 23.7 Å². The number of imide groups is 1. The summed E-state index contributed by atoms with van der Waals surface area (Å²) in [5, 5.41) is 0. The first-order valence-electron chi connectivity index (χ1n) is 11.8. The fraction of sp³-hybridized carbons (Fsp3) is 0.407. The number of hydrogen-bond donors (Lipinski definition) is 0. The van der Waals surface area contributed by atoms with Gasteiger partial charge in [0, 0.05) is 33.0 Å². The molecule has 2 aliphatic heterocycles. The zero-order valence-electron chi connectivity index (χ0n) is 19.7. The van der Waals surface area contributed by atoms with Gasteiger partial charge in [-0.25, -0.2) is 0 Å². The highest BCUT2D eigenvalue weighted by Crippen LogP contribution is 2.40. The Bertz CT molecular complexity index is 1080. The summed E-state index contributed by atoms with van der Waals surface area (Å²) >= 11 is 0. The molecule has 0 aliphatic carbocycles. The third-order valence-electron chi connectivity index (χ3n) is 6.93. The van der Waals surface area contributed by atoms with Crippen molar-refractivity contribution in [3.63, 3.8) is 0 Å². The average Bonchev–Trinajstić information content (AvgIpc) is 3.09. The summed E-state index contributed by atoms with van der Waals surface area (Å²) < 4.78 is 5.14. The second-order valence-electron chi connectivity index (χ2n) is 9.07. The van der Waals surface area contributed by atoms with E-state index in [-0.39, 0.29) is 49.0 Å². The molecule has 4 rings (SSSR count). The molecule has 2 aliphatic rings. The Kier molecular flexibility index (Phi) is 6.82. The van der Waals surface area contributed by atoms with E-state index in [0.29, 0.717) is 31.6 Å². The van der Waals surface area contributed by atoms with Crippen LogP contribution in [0, 0.1) is 5.92 Å². The van der Waals surface area contributed by atoms with Crippen LogP contribution in [-0.2, 0) is 29.3 Å². The number of ether oxygens (including phenoxy) is 1. The SMILES string of the molecule is CCOC(=O)C1CCCN(C(=O)CC2(c3ccc(-c4ccccc4)cc3)CC(=O)N(C)C2=O)C1. The van der Waals surface area contributed by atoms with Crippen LogP contribution in [0.15, 0.2) is 54.6 Å². The minimum atomic E-state index is -1.24. The van der Waals surface area contributed by atoms with Crippen LogP contribution >= 0.6 is 0 Å². The van der Waals surface area contributed by atoms with Crippen molar-refractivity contribution in [1.29, 1.82) is 0 Å². The fourth-order valence-corrected chi connectivity index (χ4v) is 4.99. The van der Waals surface area contributed by atoms with Crippen LogP contribution in [0.4, 0.5) is 0 Å². The molecule has 0 saturated carbocycles. The van der Waals surface area contributed by atoms with Gasteiger partial charge in [0.15, 0.2) is 0 Å². The third kappa shape index (κ3) is 4.47. The highest BCUT2D eigenvalue weighted by atomic mass is 16.5. The smallest absolute Gasteiger partial charge is 0.310 e. The molecule has 2 aromatic rings. The van der Waals surface area contributed by atoms with Gasteiger partial charge in [-0.05, 0) is 36.5 Å². The number of likely N-dealkylation sites (tertiary alicyclic amines) is 2. The van der Waals surface area contributed by atoms with Gasteiger partial charge in [0.2, 0.25) is 17.7 Å². The van der Waals surface area contributed by atoms with Gasteiger partial charge in [-0.15, -0.1) is 0 Å². The molecular weight excluding hydrogens is 432 g/mol. The Hall–Kier alpha value is -3.48. The Morgan fingerprint density at radius 1 is 1.03 bits per heavy atom. The van der Waals surface area contributed by atoms with E-state index in [1.807, 2.05) is 54.6 Å². The maximum absolute atomic E-state index is 13.4. The normalized spacial score (nSPS) is 22.7. The minimum Gasteiger partial charge on any atom is -0.466 e. The number of rotatable bonds is 6. The number of carbonyl (C=O) groups excluding carboxylic acids is 4. The zero-order valence-corrected chi connectivity index (χ0v) is 19.7. The number of likely N-dealkylation sites (N-methyl/N-ethyl adjacent to an activating group) is 1. The largest absolute Gasteiger partial charge is 0.466 e. The molecular formula is C27H30N2O5. The number of piperidine rings is 1. The molecule has 2 saturated heterocycles. The topological polar surface area (TPSA) is 84.0 Å². The van der Waals surface area contributed by atoms with Crippen molar-refractivity contribution < 1.29 is 23.9 Å². The van der Waals surface area contributed by atoms with Gasteiger partial charge in [0.25, 0.3) is 0 Å². The first-order valence-corrected chi connectivity index (χ1v) is 11.8. The van der Waals surface area contributed by atoms with E-state index in [1.54, 1.807) is 11.8 Å². The fourth-order valence-electron chi connectivity index (χ4n) is 4.99. The lowest BCUT2D eigenvalue weighted by Gasteiger charge is -2.34. The lowest BCUT2D eigenvalue weighted by Crippen LogP contribution is -2.47. The summed E-state index contributed by atoms with van der Waals surface area (Å²) in [5.41, 5.74) is 1.45. The van der Waals surface area contributed by atoms with Crippen molar-refractivity contribution in [1.82, 2.24) is 9.80 Å². The Labute approximate surface area is 199 Å². The maximum atomic E-state index is 13.4. The molecule has 3 amide bonds. The average molecular weight is 463 g/mol. The molecule has 2 unspecified atom stereocenters. The van der Waals surface area contributed by atoms with Gasteiger partial charge in [-0.3, -0.25) is 24.1 Å². The van der Waals surface area contributed by atoms with Crippen LogP contribution in [0.25, 0.3) is 11.1 Å². The number of hydrogen-bond acceptors (Lipinski definition) is 5. The molecule has 2 atom stereocenters. The summed E-state index contributed by atoms with van der Waals surface area (Å²) in [6.45, 7) is 2.86. The van der Waals surface area contributed by atoms with Crippen LogP contribution in [0.3, 0.4) is 0 Å². The molecule has 0 radical (unpaired) electrons. The summed E-state index contributed by atoms with van der Waals surface area (Å²) in [7, 11) is 1.47.